The van der Waals surface area contributed by atoms with Crippen LogP contribution in [0.4, 0.5) is 5.69 Å². The summed E-state index contributed by atoms with van der Waals surface area (Å²) < 4.78 is 4.78. The normalized spacial score (nSPS) is 21.1. The van der Waals surface area contributed by atoms with Crippen molar-refractivity contribution in [2.24, 2.45) is 5.92 Å². The van der Waals surface area contributed by atoms with Gasteiger partial charge in [-0.1, -0.05) is 25.0 Å². The minimum Gasteiger partial charge on any atom is -0.465 e. The summed E-state index contributed by atoms with van der Waals surface area (Å²) in [4.78, 5) is 38.2. The monoisotopic (exact) mass is 330 g/mol. The first kappa shape index (κ1) is 16.5. The summed E-state index contributed by atoms with van der Waals surface area (Å²) in [6.07, 6.45) is 4.50. The minimum absolute atomic E-state index is 0.0618. The lowest BCUT2D eigenvalue weighted by atomic mass is 10.1. The number of nitrogens with one attached hydrogen (secondary N) is 1. The van der Waals surface area contributed by atoms with Gasteiger partial charge in [0.15, 0.2) is 0 Å². The van der Waals surface area contributed by atoms with E-state index in [2.05, 4.69) is 5.32 Å². The quantitative estimate of drug-likeness (QED) is 0.855. The van der Waals surface area contributed by atoms with Gasteiger partial charge in [0.25, 0.3) is 0 Å². The van der Waals surface area contributed by atoms with E-state index in [0.717, 1.165) is 25.7 Å². The van der Waals surface area contributed by atoms with Crippen molar-refractivity contribution in [3.05, 3.63) is 29.8 Å². The number of nitrogens with zero attached hydrogens (tertiary/aromatic N) is 1. The van der Waals surface area contributed by atoms with Crippen LogP contribution < -0.4 is 10.2 Å². The Morgan fingerprint density at radius 1 is 1.21 bits per heavy atom. The van der Waals surface area contributed by atoms with Crippen molar-refractivity contribution in [3.8, 4) is 0 Å². The molecule has 2 fully saturated rings. The molecule has 1 aromatic rings. The highest BCUT2D eigenvalue weighted by Crippen LogP contribution is 2.29. The zero-order valence-corrected chi connectivity index (χ0v) is 13.8. The Hall–Kier alpha value is -2.37. The highest BCUT2D eigenvalue weighted by molar-refractivity contribution is 6.05. The molecule has 1 unspecified atom stereocenters. The number of methoxy groups -OCH3 is 1. The van der Waals surface area contributed by atoms with E-state index in [1.54, 1.807) is 24.3 Å². The fourth-order valence-corrected chi connectivity index (χ4v) is 3.50. The van der Waals surface area contributed by atoms with E-state index in [1.807, 2.05) is 0 Å². The molecule has 24 heavy (non-hydrogen) atoms. The third kappa shape index (κ3) is 3.27. The standard InChI is InChI=1S/C18H22N2O4/c1-24-18(23)14-8-4-5-9-15(14)20-11-12(10-16(20)21)17(22)19-13-6-2-3-7-13/h4-5,8-9,12-13H,2-3,6-7,10-11H2,1H3,(H,19,22). The van der Waals surface area contributed by atoms with E-state index in [4.69, 9.17) is 4.74 Å². The van der Waals surface area contributed by atoms with Crippen LogP contribution in [0.1, 0.15) is 42.5 Å². The Morgan fingerprint density at radius 2 is 1.92 bits per heavy atom. The molecule has 0 spiro atoms. The molecule has 0 radical (unpaired) electrons. The first-order valence-corrected chi connectivity index (χ1v) is 8.38. The molecule has 3 rings (SSSR count). The molecular formula is C18H22N2O4. The predicted octanol–water partition coefficient (Wildman–Crippen LogP) is 1.88. The average Bonchev–Trinajstić information content (AvgIpc) is 3.23. The van der Waals surface area contributed by atoms with Gasteiger partial charge in [-0.2, -0.15) is 0 Å². The Morgan fingerprint density at radius 3 is 2.62 bits per heavy atom. The molecular weight excluding hydrogens is 308 g/mol. The molecule has 0 aromatic heterocycles. The van der Waals surface area contributed by atoms with Crippen molar-refractivity contribution in [1.82, 2.24) is 5.32 Å². The predicted molar refractivity (Wildman–Crippen MR) is 88.6 cm³/mol. The highest BCUT2D eigenvalue weighted by Gasteiger charge is 2.37. The van der Waals surface area contributed by atoms with Crippen molar-refractivity contribution in [2.45, 2.75) is 38.1 Å². The second-order valence-corrected chi connectivity index (χ2v) is 6.40. The summed E-state index contributed by atoms with van der Waals surface area (Å²) in [5, 5.41) is 3.05. The van der Waals surface area contributed by atoms with Gasteiger partial charge in [-0.25, -0.2) is 4.79 Å². The van der Waals surface area contributed by atoms with Crippen LogP contribution in [0, 0.1) is 5.92 Å². The molecule has 1 atom stereocenters. The maximum atomic E-state index is 12.4. The molecule has 1 saturated heterocycles. The third-order valence-corrected chi connectivity index (χ3v) is 4.80. The number of carbonyl (C=O) groups excluding carboxylic acids is 3. The average molecular weight is 330 g/mol. The van der Waals surface area contributed by atoms with Crippen molar-refractivity contribution in [3.63, 3.8) is 0 Å². The lowest BCUT2D eigenvalue weighted by molar-refractivity contribution is -0.126. The molecule has 1 N–H and O–H groups in total. The van der Waals surface area contributed by atoms with E-state index in [1.165, 1.54) is 12.0 Å². The number of carbonyl (C=O) groups is 3. The number of hydrogen-bond acceptors (Lipinski definition) is 4. The summed E-state index contributed by atoms with van der Waals surface area (Å²) in [6.45, 7) is 0.297. The SMILES string of the molecule is COC(=O)c1ccccc1N1CC(C(=O)NC2CCCC2)CC1=O. The number of anilines is 1. The molecule has 0 bridgehead atoms. The van der Waals surface area contributed by atoms with E-state index in [9.17, 15) is 14.4 Å². The number of rotatable bonds is 4. The van der Waals surface area contributed by atoms with E-state index in [0.29, 0.717) is 17.8 Å². The van der Waals surface area contributed by atoms with Crippen molar-refractivity contribution in [2.75, 3.05) is 18.6 Å². The van der Waals surface area contributed by atoms with Crippen molar-refractivity contribution >= 4 is 23.5 Å². The number of esters is 1. The van der Waals surface area contributed by atoms with Crippen LogP contribution in [0.15, 0.2) is 24.3 Å². The molecule has 6 heteroatoms. The number of hydrogen-bond donors (Lipinski definition) is 1. The van der Waals surface area contributed by atoms with Crippen LogP contribution in [0.3, 0.4) is 0 Å². The topological polar surface area (TPSA) is 75.7 Å². The third-order valence-electron chi connectivity index (χ3n) is 4.80. The van der Waals surface area contributed by atoms with Gasteiger partial charge in [0, 0.05) is 19.0 Å². The molecule has 6 nitrogen and oxygen atoms in total. The molecule has 2 amide bonds. The number of amides is 2. The molecule has 1 aliphatic carbocycles. The van der Waals surface area contributed by atoms with Gasteiger partial charge < -0.3 is 15.0 Å². The van der Waals surface area contributed by atoms with Gasteiger partial charge >= 0.3 is 5.97 Å². The lowest BCUT2D eigenvalue weighted by Crippen LogP contribution is -2.38. The van der Waals surface area contributed by atoms with Crippen LogP contribution >= 0.6 is 0 Å². The molecule has 1 saturated carbocycles. The zero-order chi connectivity index (χ0) is 17.1. The minimum atomic E-state index is -0.489. The van der Waals surface area contributed by atoms with Gasteiger partial charge in [-0.05, 0) is 25.0 Å². The Bertz CT molecular complexity index is 652. The van der Waals surface area contributed by atoms with Crippen molar-refractivity contribution < 1.29 is 19.1 Å². The molecule has 1 heterocycles. The van der Waals surface area contributed by atoms with Gasteiger partial charge in [0.2, 0.25) is 11.8 Å². The van der Waals surface area contributed by atoms with Gasteiger partial charge in [0.1, 0.15) is 0 Å². The van der Waals surface area contributed by atoms with Gasteiger partial charge in [0.05, 0.1) is 24.3 Å². The fourth-order valence-electron chi connectivity index (χ4n) is 3.50. The van der Waals surface area contributed by atoms with Crippen LogP contribution in [0.2, 0.25) is 0 Å². The zero-order valence-electron chi connectivity index (χ0n) is 13.8. The second-order valence-electron chi connectivity index (χ2n) is 6.40. The summed E-state index contributed by atoms with van der Waals surface area (Å²) in [5.41, 5.74) is 0.843. The lowest BCUT2D eigenvalue weighted by Gasteiger charge is -2.20. The summed E-state index contributed by atoms with van der Waals surface area (Å²) in [6, 6.07) is 7.06. The number of para-hydroxylation sites is 1. The largest absolute Gasteiger partial charge is 0.465 e. The van der Waals surface area contributed by atoms with Crippen LogP contribution in [-0.4, -0.2) is 37.5 Å². The second kappa shape index (κ2) is 7.03. The summed E-state index contributed by atoms with van der Waals surface area (Å²) >= 11 is 0. The van der Waals surface area contributed by atoms with E-state index in [-0.39, 0.29) is 30.2 Å². The van der Waals surface area contributed by atoms with Crippen molar-refractivity contribution in [1.29, 1.82) is 0 Å². The summed E-state index contributed by atoms with van der Waals surface area (Å²) in [5.74, 6) is -1.06. The van der Waals surface area contributed by atoms with Crippen LogP contribution in [0.25, 0.3) is 0 Å². The Labute approximate surface area is 141 Å². The van der Waals surface area contributed by atoms with E-state index >= 15 is 0 Å². The van der Waals surface area contributed by atoms with Gasteiger partial charge in [-0.3, -0.25) is 9.59 Å². The maximum absolute atomic E-state index is 12.4. The maximum Gasteiger partial charge on any atom is 0.339 e. The highest BCUT2D eigenvalue weighted by atomic mass is 16.5. The first-order chi connectivity index (χ1) is 11.6. The summed E-state index contributed by atoms with van der Waals surface area (Å²) in [7, 11) is 1.31. The van der Waals surface area contributed by atoms with Crippen LogP contribution in [-0.2, 0) is 14.3 Å². The molecule has 1 aromatic carbocycles. The van der Waals surface area contributed by atoms with Crippen LogP contribution in [0.5, 0.6) is 0 Å². The molecule has 2 aliphatic rings. The molecule has 128 valence electrons. The van der Waals surface area contributed by atoms with E-state index < -0.39 is 5.97 Å². The first-order valence-electron chi connectivity index (χ1n) is 8.38. The molecule has 1 aliphatic heterocycles. The number of benzene rings is 1. The fraction of sp³-hybridized carbons (Fsp3) is 0.500. The van der Waals surface area contributed by atoms with Gasteiger partial charge in [-0.15, -0.1) is 0 Å². The smallest absolute Gasteiger partial charge is 0.339 e. The Balaban J connectivity index is 1.73. The Kier molecular flexibility index (Phi) is 4.83. The number of ether oxygens (including phenoxy) is 1.